The van der Waals surface area contributed by atoms with Crippen molar-refractivity contribution in [2.45, 2.75) is 0 Å². The first-order valence-corrected chi connectivity index (χ1v) is 2.79. The van der Waals surface area contributed by atoms with Crippen LogP contribution in [0.5, 0.6) is 0 Å². The number of hydrogen-bond donors (Lipinski definition) is 2. The molecule has 0 saturated carbocycles. The molecule has 1 heterocycles. The van der Waals surface area contributed by atoms with Gasteiger partial charge < -0.3 is 5.73 Å². The van der Waals surface area contributed by atoms with E-state index >= 15 is 0 Å². The second-order valence-corrected chi connectivity index (χ2v) is 2.22. The summed E-state index contributed by atoms with van der Waals surface area (Å²) in [6.07, 6.45) is 1.51. The van der Waals surface area contributed by atoms with Crippen LogP contribution in [0.4, 0.5) is 0 Å². The van der Waals surface area contributed by atoms with Crippen LogP contribution in [0.25, 0.3) is 0 Å². The summed E-state index contributed by atoms with van der Waals surface area (Å²) in [5.74, 6) is 0.275. The lowest BCUT2D eigenvalue weighted by Gasteiger charge is -1.88. The van der Waals surface area contributed by atoms with Crippen molar-refractivity contribution >= 4 is 27.5 Å². The van der Waals surface area contributed by atoms with E-state index in [-0.39, 0.29) is 11.5 Å². The second kappa shape index (κ2) is 1.70. The van der Waals surface area contributed by atoms with E-state index in [4.69, 9.17) is 11.1 Å². The molecule has 0 aromatic carbocycles. The summed E-state index contributed by atoms with van der Waals surface area (Å²) in [6.45, 7) is 0. The number of hydrogen-bond acceptors (Lipinski definition) is 3. The summed E-state index contributed by atoms with van der Waals surface area (Å²) in [7, 11) is 0. The van der Waals surface area contributed by atoms with E-state index in [1.807, 2.05) is 0 Å². The first-order chi connectivity index (χ1) is 3.72. The van der Waals surface area contributed by atoms with Gasteiger partial charge in [-0.3, -0.25) is 5.41 Å². The minimum absolute atomic E-state index is 0.269. The Morgan fingerprint density at radius 1 is 1.75 bits per heavy atom. The molecule has 42 valence electrons. The Balaban J connectivity index is 2.92. The lowest BCUT2D eigenvalue weighted by atomic mass is 10.4. The number of nitrogens with zero attached hydrogens (tertiary/aromatic N) is 1. The first-order valence-electron chi connectivity index (χ1n) is 2.00. The van der Waals surface area contributed by atoms with Gasteiger partial charge in [0.2, 0.25) is 0 Å². The van der Waals surface area contributed by atoms with Crippen LogP contribution >= 0.6 is 15.9 Å². The van der Waals surface area contributed by atoms with Gasteiger partial charge in [-0.1, -0.05) is 0 Å². The van der Waals surface area contributed by atoms with Crippen LogP contribution in [0.3, 0.4) is 0 Å². The molecule has 1 rings (SSSR count). The molecule has 0 fully saturated rings. The minimum Gasteiger partial charge on any atom is -0.382 e. The molecule has 3 N–H and O–H groups in total. The molecule has 8 heavy (non-hydrogen) atoms. The summed E-state index contributed by atoms with van der Waals surface area (Å²) in [5.41, 5.74) is 5.48. The minimum atomic E-state index is 0.269. The van der Waals surface area contributed by atoms with Gasteiger partial charge in [0.15, 0.2) is 0 Å². The van der Waals surface area contributed by atoms with Crippen molar-refractivity contribution in [3.05, 3.63) is 10.7 Å². The van der Waals surface area contributed by atoms with E-state index < -0.39 is 0 Å². The fraction of sp³-hybridized carbons (Fsp3) is 0. The van der Waals surface area contributed by atoms with Gasteiger partial charge in [0.25, 0.3) is 0 Å². The zero-order valence-electron chi connectivity index (χ0n) is 3.98. The molecule has 0 aromatic rings. The van der Waals surface area contributed by atoms with Crippen molar-refractivity contribution in [1.29, 1.82) is 5.41 Å². The maximum atomic E-state index is 7.09. The molecule has 1 aliphatic rings. The molecule has 0 unspecified atom stereocenters. The van der Waals surface area contributed by atoms with E-state index in [2.05, 4.69) is 20.9 Å². The van der Waals surface area contributed by atoms with Crippen molar-refractivity contribution in [2.75, 3.05) is 0 Å². The summed E-state index contributed by atoms with van der Waals surface area (Å²) >= 11 is 3.09. The Morgan fingerprint density at radius 2 is 2.38 bits per heavy atom. The topological polar surface area (TPSA) is 62.2 Å². The van der Waals surface area contributed by atoms with Gasteiger partial charge in [-0.25, -0.2) is 4.99 Å². The maximum absolute atomic E-state index is 7.09. The van der Waals surface area contributed by atoms with Crippen LogP contribution in [0, 0.1) is 5.41 Å². The third-order valence-electron chi connectivity index (χ3n) is 0.812. The monoisotopic (exact) mass is 173 g/mol. The average Bonchev–Trinajstić information content (AvgIpc) is 1.98. The van der Waals surface area contributed by atoms with Gasteiger partial charge in [0, 0.05) is 6.20 Å². The number of nitrogens with one attached hydrogen (secondary N) is 1. The highest BCUT2D eigenvalue weighted by atomic mass is 79.9. The Morgan fingerprint density at radius 3 is 2.50 bits per heavy atom. The molecule has 0 bridgehead atoms. The lowest BCUT2D eigenvalue weighted by molar-refractivity contribution is 1.53. The third kappa shape index (κ3) is 0.667. The zero-order valence-corrected chi connectivity index (χ0v) is 5.57. The summed E-state index contributed by atoms with van der Waals surface area (Å²) in [6, 6.07) is 0. The van der Waals surface area contributed by atoms with Crippen molar-refractivity contribution in [1.82, 2.24) is 0 Å². The SMILES string of the molecule is N=C1C(Br)=CN=C1N. The van der Waals surface area contributed by atoms with E-state index in [0.717, 1.165) is 0 Å². The predicted octanol–water partition coefficient (Wildman–Crippen LogP) is 0.613. The van der Waals surface area contributed by atoms with Gasteiger partial charge in [0.1, 0.15) is 11.5 Å². The van der Waals surface area contributed by atoms with Crippen molar-refractivity contribution in [3.8, 4) is 0 Å². The third-order valence-corrected chi connectivity index (χ3v) is 1.41. The molecular weight excluding hydrogens is 170 g/mol. The van der Waals surface area contributed by atoms with Crippen molar-refractivity contribution in [3.63, 3.8) is 0 Å². The molecule has 0 amide bonds. The van der Waals surface area contributed by atoms with Gasteiger partial charge in [-0.15, -0.1) is 0 Å². The van der Waals surface area contributed by atoms with E-state index in [1.54, 1.807) is 0 Å². The van der Waals surface area contributed by atoms with Crippen LogP contribution < -0.4 is 5.73 Å². The molecule has 0 atom stereocenters. The van der Waals surface area contributed by atoms with Crippen LogP contribution in [-0.4, -0.2) is 11.5 Å². The number of aliphatic imine (C=N–C) groups is 1. The van der Waals surface area contributed by atoms with Gasteiger partial charge in [-0.2, -0.15) is 0 Å². The molecule has 0 aliphatic carbocycles. The smallest absolute Gasteiger partial charge is 0.149 e. The molecule has 3 nitrogen and oxygen atoms in total. The van der Waals surface area contributed by atoms with Crippen molar-refractivity contribution < 1.29 is 0 Å². The molecule has 1 aliphatic heterocycles. The number of rotatable bonds is 0. The van der Waals surface area contributed by atoms with Crippen molar-refractivity contribution in [2.24, 2.45) is 10.7 Å². The standard InChI is InChI=1S/C4H4BrN3/c5-2-1-8-4(7)3(2)6/h1H,(H3,6,7,8). The zero-order chi connectivity index (χ0) is 6.15. The largest absolute Gasteiger partial charge is 0.382 e. The fourth-order valence-electron chi connectivity index (χ4n) is 0.378. The predicted molar refractivity (Wildman–Crippen MR) is 36.4 cm³/mol. The summed E-state index contributed by atoms with van der Waals surface area (Å²) in [5, 5.41) is 7.09. The Bertz CT molecular complexity index is 171. The fourth-order valence-corrected chi connectivity index (χ4v) is 0.683. The highest BCUT2D eigenvalue weighted by Gasteiger charge is 2.10. The van der Waals surface area contributed by atoms with E-state index in [9.17, 15) is 0 Å². The second-order valence-electron chi connectivity index (χ2n) is 1.37. The molecule has 0 radical (unpaired) electrons. The Hall–Kier alpha value is -0.640. The van der Waals surface area contributed by atoms with Gasteiger partial charge in [-0.05, 0) is 15.9 Å². The van der Waals surface area contributed by atoms with Crippen LogP contribution in [-0.2, 0) is 0 Å². The molecule has 0 saturated heterocycles. The highest BCUT2D eigenvalue weighted by Crippen LogP contribution is 2.11. The first kappa shape index (κ1) is 5.50. The normalized spacial score (nSPS) is 18.4. The van der Waals surface area contributed by atoms with Crippen LogP contribution in [0.15, 0.2) is 15.7 Å². The molecule has 0 aromatic heterocycles. The summed E-state index contributed by atoms with van der Waals surface area (Å²) in [4.78, 5) is 3.66. The number of nitrogens with two attached hydrogens (primary N) is 1. The van der Waals surface area contributed by atoms with Crippen LogP contribution in [0.2, 0.25) is 0 Å². The van der Waals surface area contributed by atoms with E-state index in [1.165, 1.54) is 6.20 Å². The maximum Gasteiger partial charge on any atom is 0.149 e. The molecule has 4 heteroatoms. The average molecular weight is 174 g/mol. The van der Waals surface area contributed by atoms with Gasteiger partial charge >= 0.3 is 0 Å². The lowest BCUT2D eigenvalue weighted by Crippen LogP contribution is -2.19. The van der Waals surface area contributed by atoms with Gasteiger partial charge in [0.05, 0.1) is 4.48 Å². The highest BCUT2D eigenvalue weighted by molar-refractivity contribution is 9.12. The molecular formula is C4H4BrN3. The Labute approximate surface area is 54.9 Å². The Kier molecular flexibility index (Phi) is 1.17. The molecule has 0 spiro atoms. The van der Waals surface area contributed by atoms with E-state index in [0.29, 0.717) is 4.48 Å². The number of halogens is 1. The number of amidine groups is 1. The quantitative estimate of drug-likeness (QED) is 0.555. The summed E-state index contributed by atoms with van der Waals surface area (Å²) < 4.78 is 0.648. The van der Waals surface area contributed by atoms with Crippen LogP contribution in [0.1, 0.15) is 0 Å².